The second-order valence-corrected chi connectivity index (χ2v) is 8.44. The molecule has 0 radical (unpaired) electrons. The number of carbonyl (C=O) groups is 1. The summed E-state index contributed by atoms with van der Waals surface area (Å²) in [6, 6.07) is 1.55. The van der Waals surface area contributed by atoms with Gasteiger partial charge in [0, 0.05) is 30.4 Å². The van der Waals surface area contributed by atoms with Crippen molar-refractivity contribution in [3.63, 3.8) is 0 Å². The van der Waals surface area contributed by atoms with Crippen LogP contribution in [-0.2, 0) is 12.8 Å². The third kappa shape index (κ3) is 2.72. The van der Waals surface area contributed by atoms with Crippen molar-refractivity contribution >= 4 is 27.5 Å². The van der Waals surface area contributed by atoms with E-state index in [1.165, 1.54) is 15.9 Å². The minimum atomic E-state index is -0.373. The molecule has 9 heteroatoms. The number of thiophene rings is 1. The summed E-state index contributed by atoms with van der Waals surface area (Å²) in [5.41, 5.74) is 2.68. The number of hydrogen-bond donors (Lipinski definition) is 2. The van der Waals surface area contributed by atoms with Crippen LogP contribution < -0.4 is 11.2 Å². The summed E-state index contributed by atoms with van der Waals surface area (Å²) in [7, 11) is 0. The Morgan fingerprint density at radius 2 is 1.96 bits per heavy atom. The second kappa shape index (κ2) is 6.73. The van der Waals surface area contributed by atoms with Crippen molar-refractivity contribution in [2.24, 2.45) is 0 Å². The van der Waals surface area contributed by atoms with Crippen molar-refractivity contribution in [2.75, 3.05) is 13.1 Å². The van der Waals surface area contributed by atoms with E-state index in [-0.39, 0.29) is 23.2 Å². The van der Waals surface area contributed by atoms with E-state index in [9.17, 15) is 14.4 Å². The molecule has 28 heavy (non-hydrogen) atoms. The van der Waals surface area contributed by atoms with Crippen LogP contribution in [0.3, 0.4) is 0 Å². The van der Waals surface area contributed by atoms with E-state index in [0.29, 0.717) is 41.8 Å². The molecule has 0 atom stereocenters. The lowest BCUT2D eigenvalue weighted by Gasteiger charge is -2.32. The van der Waals surface area contributed by atoms with Crippen LogP contribution in [0.4, 0.5) is 0 Å². The molecule has 0 bridgehead atoms. The van der Waals surface area contributed by atoms with Crippen molar-refractivity contribution in [2.45, 2.75) is 44.6 Å². The number of piperidine rings is 1. The fourth-order valence-electron chi connectivity index (χ4n) is 4.42. The van der Waals surface area contributed by atoms with E-state index in [2.05, 4.69) is 15.2 Å². The van der Waals surface area contributed by atoms with Crippen LogP contribution in [0.25, 0.3) is 10.2 Å². The first-order valence-electron chi connectivity index (χ1n) is 9.71. The van der Waals surface area contributed by atoms with Crippen LogP contribution in [0.1, 0.15) is 53.5 Å². The lowest BCUT2D eigenvalue weighted by Crippen LogP contribution is -2.45. The molecule has 5 rings (SSSR count). The van der Waals surface area contributed by atoms with Gasteiger partial charge in [0.2, 0.25) is 0 Å². The van der Waals surface area contributed by atoms with Gasteiger partial charge in [-0.05, 0) is 50.0 Å². The Hall–Kier alpha value is -2.68. The zero-order chi connectivity index (χ0) is 19.3. The molecule has 1 fully saturated rings. The van der Waals surface area contributed by atoms with Gasteiger partial charge in [-0.2, -0.15) is 5.10 Å². The van der Waals surface area contributed by atoms with Gasteiger partial charge in [0.15, 0.2) is 5.69 Å². The first-order chi connectivity index (χ1) is 13.6. The van der Waals surface area contributed by atoms with Crippen LogP contribution in [-0.4, -0.2) is 43.6 Å². The van der Waals surface area contributed by atoms with Gasteiger partial charge in [0.25, 0.3) is 11.5 Å². The Labute approximate surface area is 164 Å². The Morgan fingerprint density at radius 1 is 1.18 bits per heavy atom. The first kappa shape index (κ1) is 17.4. The van der Waals surface area contributed by atoms with Crippen LogP contribution in [0, 0.1) is 0 Å². The zero-order valence-electron chi connectivity index (χ0n) is 15.4. The average molecular weight is 399 g/mol. The van der Waals surface area contributed by atoms with Gasteiger partial charge in [-0.3, -0.25) is 19.3 Å². The smallest absolute Gasteiger partial charge is 0.329 e. The normalized spacial score (nSPS) is 17.8. The van der Waals surface area contributed by atoms with E-state index in [4.69, 9.17) is 0 Å². The molecular formula is C19H21N5O3S. The topological polar surface area (TPSA) is 104 Å². The van der Waals surface area contributed by atoms with Crippen LogP contribution in [0.5, 0.6) is 0 Å². The summed E-state index contributed by atoms with van der Waals surface area (Å²) in [6.07, 6.45) is 5.23. The number of H-pyrrole nitrogens is 2. The van der Waals surface area contributed by atoms with Gasteiger partial charge in [-0.25, -0.2) is 4.79 Å². The molecule has 1 saturated heterocycles. The van der Waals surface area contributed by atoms with Crippen molar-refractivity contribution in [3.05, 3.63) is 49.2 Å². The Balaban J connectivity index is 1.36. The summed E-state index contributed by atoms with van der Waals surface area (Å²) in [5, 5.41) is 9.11. The highest BCUT2D eigenvalue weighted by molar-refractivity contribution is 7.17. The summed E-state index contributed by atoms with van der Waals surface area (Å²) >= 11 is 1.34. The van der Waals surface area contributed by atoms with Gasteiger partial charge in [0.05, 0.1) is 5.52 Å². The molecule has 3 aromatic rings. The molecule has 8 nitrogen and oxygen atoms in total. The fourth-order valence-corrected chi connectivity index (χ4v) is 5.20. The predicted molar refractivity (Wildman–Crippen MR) is 106 cm³/mol. The number of aryl methyl sites for hydroxylation is 1. The Bertz CT molecular complexity index is 1160. The summed E-state index contributed by atoms with van der Waals surface area (Å²) in [4.78, 5) is 42.7. The van der Waals surface area contributed by atoms with Gasteiger partial charge >= 0.3 is 5.69 Å². The SMILES string of the molecule is O=C(c1n[nH]c2c1CCCC2)N1CCC(n2c(=O)[nH]c3ccsc3c2=O)CC1. The average Bonchev–Trinajstić information content (AvgIpc) is 3.35. The van der Waals surface area contributed by atoms with E-state index in [0.717, 1.165) is 36.9 Å². The maximum absolute atomic E-state index is 13.0. The number of nitrogens with zero attached hydrogens (tertiary/aromatic N) is 3. The van der Waals surface area contributed by atoms with Crippen molar-refractivity contribution < 1.29 is 4.79 Å². The fraction of sp³-hybridized carbons (Fsp3) is 0.474. The highest BCUT2D eigenvalue weighted by Gasteiger charge is 2.30. The molecule has 1 aliphatic heterocycles. The standard InChI is InChI=1S/C19H21N5O3S/c25-17(15-12-3-1-2-4-13(12)21-22-15)23-8-5-11(6-9-23)24-18(26)16-14(7-10-28-16)20-19(24)27/h7,10-11H,1-6,8-9H2,(H,20,27)(H,21,22). The molecule has 146 valence electrons. The number of amides is 1. The van der Waals surface area contributed by atoms with Crippen molar-refractivity contribution in [1.29, 1.82) is 0 Å². The monoisotopic (exact) mass is 399 g/mol. The molecule has 1 aliphatic carbocycles. The summed E-state index contributed by atoms with van der Waals surface area (Å²) < 4.78 is 1.90. The third-order valence-electron chi connectivity index (χ3n) is 5.91. The molecule has 0 aromatic carbocycles. The maximum Gasteiger partial charge on any atom is 0.329 e. The molecule has 1 amide bonds. The lowest BCUT2D eigenvalue weighted by atomic mass is 9.95. The van der Waals surface area contributed by atoms with E-state index >= 15 is 0 Å². The molecule has 0 saturated carbocycles. The Kier molecular flexibility index (Phi) is 4.19. The van der Waals surface area contributed by atoms with Crippen LogP contribution in [0.15, 0.2) is 21.0 Å². The number of nitrogens with one attached hydrogen (secondary N) is 2. The van der Waals surface area contributed by atoms with E-state index in [1.807, 2.05) is 0 Å². The number of likely N-dealkylation sites (tertiary alicyclic amines) is 1. The summed E-state index contributed by atoms with van der Waals surface area (Å²) in [5.74, 6) is -0.0483. The maximum atomic E-state index is 13.0. The van der Waals surface area contributed by atoms with Gasteiger partial charge in [0.1, 0.15) is 4.70 Å². The quantitative estimate of drug-likeness (QED) is 0.686. The predicted octanol–water partition coefficient (Wildman–Crippen LogP) is 1.83. The number of carbonyl (C=O) groups excluding carboxylic acids is 1. The highest BCUT2D eigenvalue weighted by Crippen LogP contribution is 2.26. The van der Waals surface area contributed by atoms with Crippen LogP contribution >= 0.6 is 11.3 Å². The van der Waals surface area contributed by atoms with Crippen LogP contribution in [0.2, 0.25) is 0 Å². The zero-order valence-corrected chi connectivity index (χ0v) is 16.2. The van der Waals surface area contributed by atoms with Gasteiger partial charge < -0.3 is 9.88 Å². The van der Waals surface area contributed by atoms with Crippen molar-refractivity contribution in [1.82, 2.24) is 24.6 Å². The van der Waals surface area contributed by atoms with Gasteiger partial charge in [-0.1, -0.05) is 0 Å². The highest BCUT2D eigenvalue weighted by atomic mass is 32.1. The minimum Gasteiger partial charge on any atom is -0.337 e. The largest absolute Gasteiger partial charge is 0.337 e. The second-order valence-electron chi connectivity index (χ2n) is 7.53. The molecule has 2 N–H and O–H groups in total. The lowest BCUT2D eigenvalue weighted by molar-refractivity contribution is 0.0685. The number of hydrogen-bond acceptors (Lipinski definition) is 5. The van der Waals surface area contributed by atoms with Gasteiger partial charge in [-0.15, -0.1) is 11.3 Å². The third-order valence-corrected chi connectivity index (χ3v) is 6.82. The first-order valence-corrected chi connectivity index (χ1v) is 10.6. The number of rotatable bonds is 2. The number of aromatic amines is 2. The van der Waals surface area contributed by atoms with E-state index < -0.39 is 0 Å². The number of aromatic nitrogens is 4. The van der Waals surface area contributed by atoms with E-state index in [1.54, 1.807) is 16.3 Å². The number of fused-ring (bicyclic) bond motifs is 2. The molecule has 0 spiro atoms. The Morgan fingerprint density at radius 3 is 2.79 bits per heavy atom. The molecule has 2 aliphatic rings. The minimum absolute atomic E-state index is 0.0483. The molecule has 4 heterocycles. The molecule has 3 aromatic heterocycles. The summed E-state index contributed by atoms with van der Waals surface area (Å²) in [6.45, 7) is 1.03. The van der Waals surface area contributed by atoms with Crippen molar-refractivity contribution in [3.8, 4) is 0 Å². The molecular weight excluding hydrogens is 378 g/mol. The molecule has 0 unspecified atom stereocenters.